The first kappa shape index (κ1) is 13.1. The summed E-state index contributed by atoms with van der Waals surface area (Å²) in [6, 6.07) is 9.34. The maximum Gasteiger partial charge on any atom is 0.339 e. The fraction of sp³-hybridized carbons (Fsp3) is 0.500. The normalized spacial score (nSPS) is 21.3. The third-order valence-electron chi connectivity index (χ3n) is 2.94. The van der Waals surface area contributed by atoms with E-state index in [4.69, 9.17) is 14.2 Å². The Morgan fingerprint density at radius 1 is 1.33 bits per heavy atom. The summed E-state index contributed by atoms with van der Waals surface area (Å²) in [5.74, 6) is -0.393. The summed E-state index contributed by atoms with van der Waals surface area (Å²) in [7, 11) is 1.36. The van der Waals surface area contributed by atoms with Crippen LogP contribution in [-0.4, -0.2) is 26.0 Å². The van der Waals surface area contributed by atoms with Crippen molar-refractivity contribution in [1.82, 2.24) is 0 Å². The van der Waals surface area contributed by atoms with Gasteiger partial charge in [-0.1, -0.05) is 30.3 Å². The van der Waals surface area contributed by atoms with E-state index in [0.29, 0.717) is 6.61 Å². The van der Waals surface area contributed by atoms with E-state index in [1.165, 1.54) is 7.11 Å². The molecule has 0 spiro atoms. The van der Waals surface area contributed by atoms with Crippen LogP contribution >= 0.6 is 0 Å². The fourth-order valence-corrected chi connectivity index (χ4v) is 1.98. The second kappa shape index (κ2) is 6.52. The van der Waals surface area contributed by atoms with Crippen molar-refractivity contribution in [3.63, 3.8) is 0 Å². The molecular formula is C14H18O4. The van der Waals surface area contributed by atoms with Crippen molar-refractivity contribution in [3.05, 3.63) is 35.9 Å². The molecule has 1 aliphatic heterocycles. The van der Waals surface area contributed by atoms with Crippen LogP contribution in [0.25, 0.3) is 0 Å². The summed E-state index contributed by atoms with van der Waals surface area (Å²) in [6.45, 7) is 0.688. The Bertz CT molecular complexity index is 371. The van der Waals surface area contributed by atoms with Gasteiger partial charge in [0.25, 0.3) is 0 Å². The van der Waals surface area contributed by atoms with Gasteiger partial charge in [-0.15, -0.1) is 0 Å². The van der Waals surface area contributed by atoms with Gasteiger partial charge in [-0.25, -0.2) is 4.79 Å². The van der Waals surface area contributed by atoms with Gasteiger partial charge in [0.1, 0.15) is 0 Å². The molecule has 0 radical (unpaired) electrons. The standard InChI is InChI=1S/C14H18O4/c1-16-14(15)13(11-7-3-2-4-8-11)18-12-9-5-6-10-17-12/h2-4,7-8,12-13H,5-6,9-10H2,1H3/t12-,13+/m1/s1. The highest BCUT2D eigenvalue weighted by Crippen LogP contribution is 2.24. The van der Waals surface area contributed by atoms with Crippen LogP contribution in [-0.2, 0) is 19.0 Å². The summed E-state index contributed by atoms with van der Waals surface area (Å²) in [5, 5.41) is 0. The van der Waals surface area contributed by atoms with Gasteiger partial charge in [-0.2, -0.15) is 0 Å². The van der Waals surface area contributed by atoms with E-state index < -0.39 is 12.1 Å². The van der Waals surface area contributed by atoms with Crippen LogP contribution in [0.1, 0.15) is 30.9 Å². The number of hydrogen-bond acceptors (Lipinski definition) is 4. The van der Waals surface area contributed by atoms with E-state index in [-0.39, 0.29) is 6.29 Å². The molecule has 98 valence electrons. The van der Waals surface area contributed by atoms with Gasteiger partial charge in [0.2, 0.25) is 0 Å². The molecular weight excluding hydrogens is 232 g/mol. The van der Waals surface area contributed by atoms with Crippen molar-refractivity contribution in [2.24, 2.45) is 0 Å². The predicted molar refractivity (Wildman–Crippen MR) is 65.9 cm³/mol. The molecule has 1 fully saturated rings. The Kier molecular flexibility index (Phi) is 4.73. The molecule has 0 N–H and O–H groups in total. The van der Waals surface area contributed by atoms with Crippen molar-refractivity contribution in [2.75, 3.05) is 13.7 Å². The maximum atomic E-state index is 11.8. The van der Waals surface area contributed by atoms with Crippen molar-refractivity contribution in [1.29, 1.82) is 0 Å². The minimum atomic E-state index is -0.709. The Hall–Kier alpha value is -1.39. The lowest BCUT2D eigenvalue weighted by Gasteiger charge is -2.26. The van der Waals surface area contributed by atoms with Gasteiger partial charge in [-0.05, 0) is 24.8 Å². The third-order valence-corrected chi connectivity index (χ3v) is 2.94. The van der Waals surface area contributed by atoms with E-state index in [0.717, 1.165) is 24.8 Å². The Labute approximate surface area is 107 Å². The SMILES string of the molecule is COC(=O)[C@@H](O[C@@H]1CCCCO1)c1ccccc1. The zero-order valence-electron chi connectivity index (χ0n) is 10.5. The van der Waals surface area contributed by atoms with Crippen LogP contribution in [0.4, 0.5) is 0 Å². The van der Waals surface area contributed by atoms with Crippen LogP contribution in [0.15, 0.2) is 30.3 Å². The van der Waals surface area contributed by atoms with Gasteiger partial charge in [-0.3, -0.25) is 0 Å². The van der Waals surface area contributed by atoms with E-state index in [1.807, 2.05) is 30.3 Å². The van der Waals surface area contributed by atoms with Crippen molar-refractivity contribution in [2.45, 2.75) is 31.7 Å². The minimum absolute atomic E-state index is 0.317. The molecule has 2 atom stereocenters. The van der Waals surface area contributed by atoms with Crippen LogP contribution in [0.2, 0.25) is 0 Å². The summed E-state index contributed by atoms with van der Waals surface area (Å²) < 4.78 is 16.0. The smallest absolute Gasteiger partial charge is 0.339 e. The second-order valence-electron chi connectivity index (χ2n) is 4.25. The molecule has 4 nitrogen and oxygen atoms in total. The summed E-state index contributed by atoms with van der Waals surface area (Å²) >= 11 is 0. The number of carbonyl (C=O) groups is 1. The Balaban J connectivity index is 2.07. The lowest BCUT2D eigenvalue weighted by molar-refractivity contribution is -0.204. The molecule has 1 aromatic rings. The predicted octanol–water partition coefficient (Wildman–Crippen LogP) is 2.44. The number of esters is 1. The number of rotatable bonds is 4. The zero-order chi connectivity index (χ0) is 12.8. The third kappa shape index (κ3) is 3.31. The number of hydrogen-bond donors (Lipinski definition) is 0. The Morgan fingerprint density at radius 3 is 2.72 bits per heavy atom. The van der Waals surface area contributed by atoms with Crippen LogP contribution in [0.3, 0.4) is 0 Å². The highest BCUT2D eigenvalue weighted by Gasteiger charge is 2.27. The molecule has 0 saturated carbocycles. The zero-order valence-corrected chi connectivity index (χ0v) is 10.5. The quantitative estimate of drug-likeness (QED) is 0.770. The van der Waals surface area contributed by atoms with E-state index in [2.05, 4.69) is 0 Å². The van der Waals surface area contributed by atoms with Gasteiger partial charge in [0.15, 0.2) is 12.4 Å². The van der Waals surface area contributed by atoms with Crippen LogP contribution in [0, 0.1) is 0 Å². The number of carbonyl (C=O) groups excluding carboxylic acids is 1. The molecule has 1 aliphatic rings. The molecule has 1 aromatic carbocycles. The largest absolute Gasteiger partial charge is 0.467 e. The molecule has 18 heavy (non-hydrogen) atoms. The first-order chi connectivity index (χ1) is 8.81. The van der Waals surface area contributed by atoms with Crippen molar-refractivity contribution >= 4 is 5.97 Å². The fourth-order valence-electron chi connectivity index (χ4n) is 1.98. The lowest BCUT2D eigenvalue weighted by Crippen LogP contribution is -2.28. The molecule has 1 saturated heterocycles. The van der Waals surface area contributed by atoms with Gasteiger partial charge >= 0.3 is 5.97 Å². The van der Waals surface area contributed by atoms with E-state index in [1.54, 1.807) is 0 Å². The van der Waals surface area contributed by atoms with Crippen molar-refractivity contribution in [3.8, 4) is 0 Å². The molecule has 1 heterocycles. The van der Waals surface area contributed by atoms with Crippen LogP contribution < -0.4 is 0 Å². The topological polar surface area (TPSA) is 44.8 Å². The highest BCUT2D eigenvalue weighted by molar-refractivity contribution is 5.76. The molecule has 0 aliphatic carbocycles. The highest BCUT2D eigenvalue weighted by atomic mass is 16.7. The first-order valence-corrected chi connectivity index (χ1v) is 6.21. The van der Waals surface area contributed by atoms with Gasteiger partial charge in [0, 0.05) is 6.61 Å². The molecule has 0 bridgehead atoms. The Morgan fingerprint density at radius 2 is 2.11 bits per heavy atom. The lowest BCUT2D eigenvalue weighted by atomic mass is 10.1. The minimum Gasteiger partial charge on any atom is -0.467 e. The average molecular weight is 250 g/mol. The first-order valence-electron chi connectivity index (χ1n) is 6.21. The molecule has 0 unspecified atom stereocenters. The maximum absolute atomic E-state index is 11.8. The van der Waals surface area contributed by atoms with E-state index in [9.17, 15) is 4.79 Å². The van der Waals surface area contributed by atoms with Crippen LogP contribution in [0.5, 0.6) is 0 Å². The summed E-state index contributed by atoms with van der Waals surface area (Å²) in [4.78, 5) is 11.8. The van der Waals surface area contributed by atoms with Gasteiger partial charge in [0.05, 0.1) is 7.11 Å². The molecule has 2 rings (SSSR count). The average Bonchev–Trinajstić information content (AvgIpc) is 2.46. The molecule has 0 amide bonds. The summed E-state index contributed by atoms with van der Waals surface area (Å²) in [6.07, 6.45) is 1.91. The summed E-state index contributed by atoms with van der Waals surface area (Å²) in [5.41, 5.74) is 0.790. The second-order valence-corrected chi connectivity index (χ2v) is 4.25. The number of benzene rings is 1. The molecule has 0 aromatic heterocycles. The van der Waals surface area contributed by atoms with E-state index >= 15 is 0 Å². The monoisotopic (exact) mass is 250 g/mol. The molecule has 4 heteroatoms. The van der Waals surface area contributed by atoms with Gasteiger partial charge < -0.3 is 14.2 Å². The number of ether oxygens (including phenoxy) is 3. The number of methoxy groups -OCH3 is 1. The van der Waals surface area contributed by atoms with Crippen molar-refractivity contribution < 1.29 is 19.0 Å².